The number of amides is 1. The van der Waals surface area contributed by atoms with Crippen LogP contribution in [0, 0.1) is 11.8 Å². The van der Waals surface area contributed by atoms with Crippen LogP contribution in [0.4, 0.5) is 0 Å². The lowest BCUT2D eigenvalue weighted by Crippen LogP contribution is -2.15. The molecule has 0 spiro atoms. The molecule has 1 rings (SSSR count). The van der Waals surface area contributed by atoms with Crippen LogP contribution >= 0.6 is 23.2 Å². The summed E-state index contributed by atoms with van der Waals surface area (Å²) >= 11 is 11.6. The number of ether oxygens (including phenoxy) is 2. The van der Waals surface area contributed by atoms with Crippen molar-refractivity contribution in [2.45, 2.75) is 0 Å². The van der Waals surface area contributed by atoms with Crippen molar-refractivity contribution in [3.8, 4) is 17.6 Å². The molecular weight excluding hydrogens is 317 g/mol. The summed E-state index contributed by atoms with van der Waals surface area (Å²) in [6.07, 6.45) is 2.36. The van der Waals surface area contributed by atoms with Gasteiger partial charge in [0.2, 0.25) is 5.91 Å². The first kappa shape index (κ1) is 16.9. The first-order chi connectivity index (χ1) is 9.99. The number of hydrogen-bond acceptors (Lipinski definition) is 4. The quantitative estimate of drug-likeness (QED) is 0.509. The van der Waals surface area contributed by atoms with Crippen LogP contribution in [0.15, 0.2) is 30.4 Å². The Morgan fingerprint density at radius 1 is 1.33 bits per heavy atom. The fourth-order valence-electron chi connectivity index (χ4n) is 1.11. The Balaban J connectivity index is 2.33. The van der Waals surface area contributed by atoms with Crippen molar-refractivity contribution < 1.29 is 19.1 Å². The van der Waals surface area contributed by atoms with E-state index in [0.29, 0.717) is 15.8 Å². The Hall–Kier alpha value is -2.16. The van der Waals surface area contributed by atoms with Crippen molar-refractivity contribution >= 4 is 35.1 Å². The maximum absolute atomic E-state index is 11.4. The Morgan fingerprint density at radius 3 is 2.76 bits per heavy atom. The molecule has 0 saturated heterocycles. The van der Waals surface area contributed by atoms with Gasteiger partial charge in [-0.3, -0.25) is 4.79 Å². The minimum atomic E-state index is -0.603. The highest BCUT2D eigenvalue weighted by atomic mass is 35.5. The van der Waals surface area contributed by atoms with Crippen molar-refractivity contribution in [1.29, 1.82) is 0 Å². The highest BCUT2D eigenvalue weighted by Gasteiger charge is 2.06. The maximum atomic E-state index is 11.4. The first-order valence-corrected chi connectivity index (χ1v) is 6.42. The summed E-state index contributed by atoms with van der Waals surface area (Å²) in [5.41, 5.74) is 4.86. The lowest BCUT2D eigenvalue weighted by atomic mass is 10.3. The molecule has 0 atom stereocenters. The number of halogens is 2. The number of rotatable bonds is 5. The lowest BCUT2D eigenvalue weighted by molar-refractivity contribution is -0.144. The average molecular weight is 328 g/mol. The molecule has 7 heteroatoms. The molecule has 1 aromatic carbocycles. The Kier molecular flexibility index (Phi) is 7.16. The monoisotopic (exact) mass is 327 g/mol. The van der Waals surface area contributed by atoms with Gasteiger partial charge in [-0.2, -0.15) is 0 Å². The second kappa shape index (κ2) is 8.90. The fourth-order valence-corrected chi connectivity index (χ4v) is 1.57. The smallest absolute Gasteiger partial charge is 0.345 e. The Labute approximate surface area is 131 Å². The van der Waals surface area contributed by atoms with Gasteiger partial charge in [0.15, 0.2) is 13.2 Å². The van der Waals surface area contributed by atoms with Gasteiger partial charge < -0.3 is 15.2 Å². The summed E-state index contributed by atoms with van der Waals surface area (Å²) in [5.74, 6) is 4.10. The molecule has 21 heavy (non-hydrogen) atoms. The molecule has 0 aliphatic heterocycles. The van der Waals surface area contributed by atoms with E-state index in [4.69, 9.17) is 38.4 Å². The van der Waals surface area contributed by atoms with E-state index < -0.39 is 11.9 Å². The van der Waals surface area contributed by atoms with E-state index in [0.717, 1.165) is 6.08 Å². The molecule has 0 radical (unpaired) electrons. The van der Waals surface area contributed by atoms with Crippen molar-refractivity contribution in [2.24, 2.45) is 5.73 Å². The fraction of sp³-hybridized carbons (Fsp3) is 0.143. The largest absolute Gasteiger partial charge is 0.480 e. The number of carbonyl (C=O) groups excluding carboxylic acids is 2. The molecule has 0 saturated carbocycles. The third kappa shape index (κ3) is 7.25. The molecular formula is C14H11Cl2NO4. The van der Waals surface area contributed by atoms with Crippen LogP contribution < -0.4 is 10.5 Å². The normalized spacial score (nSPS) is 9.81. The molecule has 0 bridgehead atoms. The predicted octanol–water partition coefficient (Wildman–Crippen LogP) is 1.96. The zero-order valence-electron chi connectivity index (χ0n) is 10.8. The zero-order chi connectivity index (χ0) is 15.7. The van der Waals surface area contributed by atoms with E-state index in [1.165, 1.54) is 12.1 Å². The molecule has 0 aliphatic rings. The summed E-state index contributed by atoms with van der Waals surface area (Å²) in [7, 11) is 0. The predicted molar refractivity (Wildman–Crippen MR) is 79.0 cm³/mol. The highest BCUT2D eigenvalue weighted by Crippen LogP contribution is 2.27. The first-order valence-electron chi connectivity index (χ1n) is 5.67. The number of benzene rings is 1. The van der Waals surface area contributed by atoms with Crippen molar-refractivity contribution in [2.75, 3.05) is 13.2 Å². The number of nitrogens with two attached hydrogens (primary N) is 1. The summed E-state index contributed by atoms with van der Waals surface area (Å²) < 4.78 is 9.95. The van der Waals surface area contributed by atoms with Gasteiger partial charge in [-0.15, -0.1) is 0 Å². The van der Waals surface area contributed by atoms with E-state index in [1.807, 2.05) is 0 Å². The van der Waals surface area contributed by atoms with Gasteiger partial charge in [-0.05, 0) is 24.3 Å². The van der Waals surface area contributed by atoms with E-state index in [2.05, 4.69) is 11.8 Å². The van der Waals surface area contributed by atoms with Gasteiger partial charge in [0.25, 0.3) is 0 Å². The second-order valence-electron chi connectivity index (χ2n) is 3.58. The highest BCUT2D eigenvalue weighted by molar-refractivity contribution is 6.35. The van der Waals surface area contributed by atoms with Crippen LogP contribution in [0.2, 0.25) is 10.0 Å². The van der Waals surface area contributed by atoms with E-state index in [-0.39, 0.29) is 13.2 Å². The summed E-state index contributed by atoms with van der Waals surface area (Å²) in [6.45, 7) is -0.431. The molecule has 0 fully saturated rings. The number of primary amides is 1. The van der Waals surface area contributed by atoms with Crippen molar-refractivity contribution in [3.05, 3.63) is 40.4 Å². The lowest BCUT2D eigenvalue weighted by Gasteiger charge is -2.07. The van der Waals surface area contributed by atoms with Gasteiger partial charge in [0.1, 0.15) is 5.75 Å². The SMILES string of the molecule is NC(=O)C=CC#CCOC(=O)COc1ccc(Cl)cc1Cl. The molecule has 0 aliphatic carbocycles. The van der Waals surface area contributed by atoms with Gasteiger partial charge in [0, 0.05) is 11.1 Å². The minimum Gasteiger partial charge on any atom is -0.480 e. The van der Waals surface area contributed by atoms with E-state index in [1.54, 1.807) is 12.1 Å². The summed E-state index contributed by atoms with van der Waals surface area (Å²) in [4.78, 5) is 21.7. The summed E-state index contributed by atoms with van der Waals surface area (Å²) in [6, 6.07) is 4.64. The topological polar surface area (TPSA) is 78.6 Å². The summed E-state index contributed by atoms with van der Waals surface area (Å²) in [5, 5.41) is 0.765. The molecule has 5 nitrogen and oxygen atoms in total. The van der Waals surface area contributed by atoms with E-state index >= 15 is 0 Å². The van der Waals surface area contributed by atoms with Crippen LogP contribution in [-0.4, -0.2) is 25.1 Å². The van der Waals surface area contributed by atoms with Crippen LogP contribution in [-0.2, 0) is 14.3 Å². The number of allylic oxidation sites excluding steroid dienone is 1. The van der Waals surface area contributed by atoms with Gasteiger partial charge >= 0.3 is 5.97 Å². The number of carbonyl (C=O) groups is 2. The Bertz CT molecular complexity index is 617. The van der Waals surface area contributed by atoms with Crippen LogP contribution in [0.25, 0.3) is 0 Å². The second-order valence-corrected chi connectivity index (χ2v) is 4.42. The van der Waals surface area contributed by atoms with Crippen molar-refractivity contribution in [1.82, 2.24) is 0 Å². The molecule has 0 unspecified atom stereocenters. The van der Waals surface area contributed by atoms with Gasteiger partial charge in [-0.25, -0.2) is 4.79 Å². The minimum absolute atomic E-state index is 0.125. The van der Waals surface area contributed by atoms with Crippen LogP contribution in [0.5, 0.6) is 5.75 Å². The standard InChI is InChI=1S/C14H11Cl2NO4/c15-10-5-6-12(11(16)8-10)21-9-14(19)20-7-3-1-2-4-13(17)18/h2,4-6,8H,7,9H2,(H2,17,18). The van der Waals surface area contributed by atoms with Crippen LogP contribution in [0.1, 0.15) is 0 Å². The molecule has 0 heterocycles. The van der Waals surface area contributed by atoms with Crippen LogP contribution in [0.3, 0.4) is 0 Å². The van der Waals surface area contributed by atoms with E-state index in [9.17, 15) is 9.59 Å². The maximum Gasteiger partial charge on any atom is 0.345 e. The molecule has 0 aromatic heterocycles. The Morgan fingerprint density at radius 2 is 2.10 bits per heavy atom. The molecule has 2 N–H and O–H groups in total. The number of esters is 1. The molecule has 1 amide bonds. The average Bonchev–Trinajstić information content (AvgIpc) is 2.41. The van der Waals surface area contributed by atoms with Crippen molar-refractivity contribution in [3.63, 3.8) is 0 Å². The molecule has 110 valence electrons. The molecule has 1 aromatic rings. The van der Waals surface area contributed by atoms with Gasteiger partial charge in [0.05, 0.1) is 5.02 Å². The third-order valence-corrected chi connectivity index (χ3v) is 2.51. The zero-order valence-corrected chi connectivity index (χ0v) is 12.3. The third-order valence-electron chi connectivity index (χ3n) is 1.98. The number of hydrogen-bond donors (Lipinski definition) is 1. The van der Waals surface area contributed by atoms with Gasteiger partial charge in [-0.1, -0.05) is 35.0 Å².